The fourth-order valence-corrected chi connectivity index (χ4v) is 3.14. The number of aromatic nitrogens is 2. The van der Waals surface area contributed by atoms with E-state index >= 15 is 0 Å². The summed E-state index contributed by atoms with van der Waals surface area (Å²) in [6, 6.07) is 7.44. The molecule has 1 N–H and O–H groups in total. The van der Waals surface area contributed by atoms with E-state index in [1.165, 1.54) is 4.90 Å². The average Bonchev–Trinajstić information content (AvgIpc) is 2.59. The first-order valence-electron chi connectivity index (χ1n) is 8.54. The number of fused-ring (bicyclic) bond motifs is 1. The molecule has 0 saturated carbocycles. The van der Waals surface area contributed by atoms with Crippen LogP contribution in [0.25, 0.3) is 0 Å². The maximum atomic E-state index is 12.7. The topological polar surface area (TPSA) is 86.4 Å². The third kappa shape index (κ3) is 3.51. The lowest BCUT2D eigenvalue weighted by molar-refractivity contribution is -0.122. The van der Waals surface area contributed by atoms with Crippen LogP contribution in [-0.4, -0.2) is 42.3 Å². The van der Waals surface area contributed by atoms with Crippen molar-refractivity contribution >= 4 is 23.3 Å². The lowest BCUT2D eigenvalue weighted by atomic mass is 10.00. The van der Waals surface area contributed by atoms with Crippen LogP contribution in [0.3, 0.4) is 0 Å². The summed E-state index contributed by atoms with van der Waals surface area (Å²) < 4.78 is 0. The fraction of sp³-hybridized carbons (Fsp3) is 0.368. The molecular formula is C19H22N4O3. The molecule has 1 aromatic heterocycles. The molecule has 0 radical (unpaired) electrons. The lowest BCUT2D eigenvalue weighted by Crippen LogP contribution is -2.40. The van der Waals surface area contributed by atoms with Crippen molar-refractivity contribution in [3.63, 3.8) is 0 Å². The second-order valence-corrected chi connectivity index (χ2v) is 6.67. The smallest absolute Gasteiger partial charge is 0.255 e. The Morgan fingerprint density at radius 3 is 2.69 bits per heavy atom. The molecule has 3 rings (SSSR count). The Hall–Kier alpha value is -2.96. The Kier molecular flexibility index (Phi) is 4.88. The number of nitrogens with one attached hydrogen (secondary N) is 1. The summed E-state index contributed by atoms with van der Waals surface area (Å²) in [5.74, 6) is 0.335. The van der Waals surface area contributed by atoms with Crippen LogP contribution in [0, 0.1) is 6.92 Å². The highest BCUT2D eigenvalue weighted by Crippen LogP contribution is 2.26. The lowest BCUT2D eigenvalue weighted by Gasteiger charge is -2.28. The highest BCUT2D eigenvalue weighted by atomic mass is 16.2. The van der Waals surface area contributed by atoms with Gasteiger partial charge in [0.15, 0.2) is 5.78 Å². The molecule has 0 bridgehead atoms. The third-order valence-corrected chi connectivity index (χ3v) is 4.53. The fourth-order valence-electron chi connectivity index (χ4n) is 3.14. The van der Waals surface area contributed by atoms with E-state index in [1.807, 2.05) is 24.3 Å². The van der Waals surface area contributed by atoms with Gasteiger partial charge in [-0.1, -0.05) is 18.2 Å². The summed E-state index contributed by atoms with van der Waals surface area (Å²) in [5.41, 5.74) is 2.53. The first-order valence-corrected chi connectivity index (χ1v) is 8.54. The largest absolute Gasteiger partial charge is 0.348 e. The van der Waals surface area contributed by atoms with Crippen LogP contribution < -0.4 is 15.4 Å². The van der Waals surface area contributed by atoms with E-state index in [0.29, 0.717) is 23.6 Å². The molecule has 1 amide bonds. The summed E-state index contributed by atoms with van der Waals surface area (Å²) in [7, 11) is 3.59. The number of aryl methyl sites for hydroxylation is 1. The summed E-state index contributed by atoms with van der Waals surface area (Å²) in [6.45, 7) is 1.85. The molecule has 0 atom stereocenters. The van der Waals surface area contributed by atoms with Crippen molar-refractivity contribution in [2.75, 3.05) is 30.4 Å². The van der Waals surface area contributed by atoms with Crippen LogP contribution >= 0.6 is 0 Å². The van der Waals surface area contributed by atoms with Gasteiger partial charge >= 0.3 is 0 Å². The molecule has 7 nitrogen and oxygen atoms in total. The number of carbonyl (C=O) groups excluding carboxylic acids is 2. The van der Waals surface area contributed by atoms with Gasteiger partial charge < -0.3 is 9.80 Å². The van der Waals surface area contributed by atoms with Gasteiger partial charge in [0.05, 0.1) is 6.54 Å². The van der Waals surface area contributed by atoms with Gasteiger partial charge in [0.2, 0.25) is 11.9 Å². The van der Waals surface area contributed by atoms with Crippen molar-refractivity contribution in [2.24, 2.45) is 0 Å². The molecule has 0 saturated heterocycles. The Balaban J connectivity index is 1.78. The van der Waals surface area contributed by atoms with E-state index in [0.717, 1.165) is 11.3 Å². The minimum Gasteiger partial charge on any atom is -0.348 e. The van der Waals surface area contributed by atoms with Crippen molar-refractivity contribution in [1.82, 2.24) is 9.97 Å². The summed E-state index contributed by atoms with van der Waals surface area (Å²) in [4.78, 5) is 47.3. The highest BCUT2D eigenvalue weighted by Gasteiger charge is 2.26. The zero-order valence-corrected chi connectivity index (χ0v) is 15.2. The quantitative estimate of drug-likeness (QED) is 0.893. The predicted molar refractivity (Wildman–Crippen MR) is 99.7 cm³/mol. The number of para-hydroxylation sites is 1. The van der Waals surface area contributed by atoms with Crippen LogP contribution in [0.1, 0.15) is 23.2 Å². The van der Waals surface area contributed by atoms with Gasteiger partial charge in [-0.3, -0.25) is 19.4 Å². The number of hydrogen-bond donors (Lipinski definition) is 1. The normalized spacial score (nSPS) is 13.5. The van der Waals surface area contributed by atoms with Crippen molar-refractivity contribution in [2.45, 2.75) is 26.2 Å². The van der Waals surface area contributed by atoms with Gasteiger partial charge in [0.25, 0.3) is 5.56 Å². The second kappa shape index (κ2) is 7.11. The Morgan fingerprint density at radius 1 is 1.27 bits per heavy atom. The molecule has 2 heterocycles. The molecule has 2 aromatic rings. The molecule has 0 spiro atoms. The summed E-state index contributed by atoms with van der Waals surface area (Å²) in [5, 5.41) is 0. The number of aromatic amines is 1. The number of ketones is 1. The number of benzene rings is 1. The number of H-pyrrole nitrogens is 1. The Morgan fingerprint density at radius 2 is 2.00 bits per heavy atom. The molecule has 1 aromatic carbocycles. The first-order chi connectivity index (χ1) is 12.4. The maximum Gasteiger partial charge on any atom is 0.255 e. The maximum absolute atomic E-state index is 12.7. The third-order valence-electron chi connectivity index (χ3n) is 4.53. The zero-order valence-electron chi connectivity index (χ0n) is 15.2. The number of rotatable bonds is 4. The van der Waals surface area contributed by atoms with Crippen molar-refractivity contribution in [3.8, 4) is 0 Å². The molecule has 0 fully saturated rings. The van der Waals surface area contributed by atoms with Crippen LogP contribution in [0.2, 0.25) is 0 Å². The average molecular weight is 354 g/mol. The Bertz CT molecular complexity index is 917. The molecule has 1 aliphatic rings. The number of hydrogen-bond acceptors (Lipinski definition) is 5. The molecule has 26 heavy (non-hydrogen) atoms. The van der Waals surface area contributed by atoms with Gasteiger partial charge in [0, 0.05) is 43.9 Å². The molecule has 7 heteroatoms. The van der Waals surface area contributed by atoms with E-state index in [4.69, 9.17) is 0 Å². The van der Waals surface area contributed by atoms with Crippen LogP contribution in [0.4, 0.5) is 11.6 Å². The molecule has 136 valence electrons. The number of anilines is 2. The van der Waals surface area contributed by atoms with Crippen molar-refractivity contribution in [3.05, 3.63) is 51.4 Å². The Labute approximate surface area is 151 Å². The van der Waals surface area contributed by atoms with Gasteiger partial charge in [0.1, 0.15) is 0 Å². The van der Waals surface area contributed by atoms with Gasteiger partial charge in [-0.05, 0) is 25.0 Å². The van der Waals surface area contributed by atoms with E-state index in [-0.39, 0.29) is 36.6 Å². The van der Waals surface area contributed by atoms with Gasteiger partial charge in [-0.2, -0.15) is 0 Å². The van der Waals surface area contributed by atoms with Crippen molar-refractivity contribution in [1.29, 1.82) is 0 Å². The SMILES string of the molecule is Cc1nc(N(C)C)[nH]c(=O)c1CCC(=O)N1CC(=O)Cc2ccccc21. The number of nitrogens with zero attached hydrogens (tertiary/aromatic N) is 3. The van der Waals surface area contributed by atoms with E-state index in [1.54, 1.807) is 25.9 Å². The monoisotopic (exact) mass is 354 g/mol. The van der Waals surface area contributed by atoms with Gasteiger partial charge in [-0.15, -0.1) is 0 Å². The van der Waals surface area contributed by atoms with Gasteiger partial charge in [-0.25, -0.2) is 4.98 Å². The van der Waals surface area contributed by atoms with E-state index in [9.17, 15) is 14.4 Å². The summed E-state index contributed by atoms with van der Waals surface area (Å²) in [6.07, 6.45) is 0.788. The molecule has 0 aliphatic carbocycles. The predicted octanol–water partition coefficient (Wildman–Crippen LogP) is 1.24. The van der Waals surface area contributed by atoms with E-state index in [2.05, 4.69) is 9.97 Å². The minimum absolute atomic E-state index is 0.0167. The molecule has 0 unspecified atom stereocenters. The van der Waals surface area contributed by atoms with Crippen LogP contribution in [-0.2, 0) is 22.4 Å². The standard InChI is InChI=1S/C19H22N4O3/c1-12-15(18(26)21-19(20-12)22(2)3)8-9-17(25)23-11-14(24)10-13-6-4-5-7-16(13)23/h4-7H,8-11H2,1-3H3,(H,20,21,26). The highest BCUT2D eigenvalue weighted by molar-refractivity contribution is 6.03. The number of amides is 1. The molecule has 1 aliphatic heterocycles. The second-order valence-electron chi connectivity index (χ2n) is 6.67. The van der Waals surface area contributed by atoms with Crippen LogP contribution in [0.15, 0.2) is 29.1 Å². The zero-order chi connectivity index (χ0) is 18.8. The van der Waals surface area contributed by atoms with Crippen LogP contribution in [0.5, 0.6) is 0 Å². The number of carbonyl (C=O) groups is 2. The number of Topliss-reactive ketones (excluding diaryl/α,β-unsaturated/α-hetero) is 1. The summed E-state index contributed by atoms with van der Waals surface area (Å²) >= 11 is 0. The van der Waals surface area contributed by atoms with Crippen molar-refractivity contribution < 1.29 is 9.59 Å². The van der Waals surface area contributed by atoms with E-state index < -0.39 is 0 Å². The molecular weight excluding hydrogens is 332 g/mol. The minimum atomic E-state index is -0.232. The first kappa shape index (κ1) is 17.8.